The Labute approximate surface area is 55.7 Å². The molecule has 0 bridgehead atoms. The lowest BCUT2D eigenvalue weighted by Crippen LogP contribution is -1.97. The minimum Gasteiger partial charge on any atom is -0.405 e. The maximum Gasteiger partial charge on any atom is 0.123 e. The normalized spacial score (nSPS) is 13.9. The van der Waals surface area contributed by atoms with Crippen molar-refractivity contribution in [2.75, 3.05) is 0 Å². The second-order valence-corrected chi connectivity index (χ2v) is 1.97. The van der Waals surface area contributed by atoms with Gasteiger partial charge in [0.05, 0.1) is 0 Å². The SMILES string of the molecule is CCC(C=O)C/C=C\N. The average molecular weight is 127 g/mol. The first-order valence-corrected chi connectivity index (χ1v) is 3.17. The fourth-order valence-electron chi connectivity index (χ4n) is 0.572. The summed E-state index contributed by atoms with van der Waals surface area (Å²) in [5.74, 6) is 0.157. The predicted octanol–water partition coefficient (Wildman–Crippen LogP) is 1.07. The number of rotatable bonds is 4. The van der Waals surface area contributed by atoms with Crippen LogP contribution in [0.2, 0.25) is 0 Å². The summed E-state index contributed by atoms with van der Waals surface area (Å²) in [5, 5.41) is 0. The molecule has 0 saturated carbocycles. The molecular weight excluding hydrogens is 114 g/mol. The van der Waals surface area contributed by atoms with E-state index < -0.39 is 0 Å². The minimum absolute atomic E-state index is 0.157. The second-order valence-electron chi connectivity index (χ2n) is 1.97. The molecule has 0 fully saturated rings. The van der Waals surface area contributed by atoms with Gasteiger partial charge in [0.25, 0.3) is 0 Å². The summed E-state index contributed by atoms with van der Waals surface area (Å²) in [4.78, 5) is 10.2. The summed E-state index contributed by atoms with van der Waals surface area (Å²) < 4.78 is 0. The summed E-state index contributed by atoms with van der Waals surface area (Å²) in [7, 11) is 0. The van der Waals surface area contributed by atoms with E-state index in [0.717, 1.165) is 19.1 Å². The highest BCUT2D eigenvalue weighted by molar-refractivity contribution is 5.53. The van der Waals surface area contributed by atoms with Gasteiger partial charge in [-0.1, -0.05) is 13.0 Å². The highest BCUT2D eigenvalue weighted by atomic mass is 16.1. The zero-order valence-corrected chi connectivity index (χ0v) is 5.71. The number of hydrogen-bond donors (Lipinski definition) is 1. The van der Waals surface area contributed by atoms with Crippen molar-refractivity contribution < 1.29 is 4.79 Å². The van der Waals surface area contributed by atoms with Crippen molar-refractivity contribution in [1.29, 1.82) is 0 Å². The molecule has 0 amide bonds. The molecule has 2 N–H and O–H groups in total. The fraction of sp³-hybridized carbons (Fsp3) is 0.571. The molecule has 0 saturated heterocycles. The van der Waals surface area contributed by atoms with Gasteiger partial charge in [-0.2, -0.15) is 0 Å². The standard InChI is InChI=1S/C7H13NO/c1-2-7(6-9)4-3-5-8/h3,5-7H,2,4,8H2,1H3/b5-3-. The molecule has 0 aliphatic rings. The third-order valence-electron chi connectivity index (χ3n) is 1.29. The number of carbonyl (C=O) groups is 1. The zero-order valence-electron chi connectivity index (χ0n) is 5.71. The number of nitrogens with two attached hydrogens (primary N) is 1. The summed E-state index contributed by atoms with van der Waals surface area (Å²) >= 11 is 0. The largest absolute Gasteiger partial charge is 0.405 e. The maximum absolute atomic E-state index is 10.2. The lowest BCUT2D eigenvalue weighted by molar-refractivity contribution is -0.111. The van der Waals surface area contributed by atoms with Crippen molar-refractivity contribution in [3.63, 3.8) is 0 Å². The molecular formula is C7H13NO. The smallest absolute Gasteiger partial charge is 0.123 e. The van der Waals surface area contributed by atoms with Crippen molar-refractivity contribution >= 4 is 6.29 Å². The summed E-state index contributed by atoms with van der Waals surface area (Å²) in [5.41, 5.74) is 5.09. The molecule has 0 aliphatic heterocycles. The number of hydrogen-bond acceptors (Lipinski definition) is 2. The van der Waals surface area contributed by atoms with Gasteiger partial charge in [-0.3, -0.25) is 0 Å². The van der Waals surface area contributed by atoms with Gasteiger partial charge in [-0.15, -0.1) is 0 Å². The van der Waals surface area contributed by atoms with Gasteiger partial charge in [-0.05, 0) is 19.0 Å². The Morgan fingerprint density at radius 1 is 1.67 bits per heavy atom. The van der Waals surface area contributed by atoms with E-state index in [1.54, 1.807) is 0 Å². The minimum atomic E-state index is 0.157. The first kappa shape index (κ1) is 8.21. The Kier molecular flexibility index (Phi) is 4.88. The van der Waals surface area contributed by atoms with E-state index in [1.807, 2.05) is 13.0 Å². The van der Waals surface area contributed by atoms with E-state index in [2.05, 4.69) is 0 Å². The van der Waals surface area contributed by atoms with Crippen LogP contribution >= 0.6 is 0 Å². The molecule has 0 spiro atoms. The van der Waals surface area contributed by atoms with E-state index in [0.29, 0.717) is 0 Å². The van der Waals surface area contributed by atoms with Crippen molar-refractivity contribution in [2.24, 2.45) is 11.7 Å². The lowest BCUT2D eigenvalue weighted by Gasteiger charge is -1.99. The molecule has 0 aliphatic carbocycles. The molecule has 0 radical (unpaired) electrons. The van der Waals surface area contributed by atoms with Gasteiger partial charge in [0.2, 0.25) is 0 Å². The topological polar surface area (TPSA) is 43.1 Å². The van der Waals surface area contributed by atoms with E-state index in [4.69, 9.17) is 5.73 Å². The van der Waals surface area contributed by atoms with Crippen LogP contribution in [0.1, 0.15) is 19.8 Å². The van der Waals surface area contributed by atoms with Crippen LogP contribution in [0.15, 0.2) is 12.3 Å². The Bertz CT molecular complexity index is 99.1. The fourth-order valence-corrected chi connectivity index (χ4v) is 0.572. The molecule has 1 unspecified atom stereocenters. The van der Waals surface area contributed by atoms with Crippen LogP contribution in [0, 0.1) is 5.92 Å². The second kappa shape index (κ2) is 5.35. The van der Waals surface area contributed by atoms with Crippen molar-refractivity contribution in [1.82, 2.24) is 0 Å². The molecule has 0 rings (SSSR count). The van der Waals surface area contributed by atoms with Gasteiger partial charge in [0, 0.05) is 5.92 Å². The van der Waals surface area contributed by atoms with Crippen LogP contribution in [0.5, 0.6) is 0 Å². The highest BCUT2D eigenvalue weighted by Gasteiger charge is 1.98. The molecule has 0 aromatic rings. The first-order chi connectivity index (χ1) is 4.35. The van der Waals surface area contributed by atoms with Gasteiger partial charge < -0.3 is 10.5 Å². The van der Waals surface area contributed by atoms with Crippen LogP contribution in [0.25, 0.3) is 0 Å². The van der Waals surface area contributed by atoms with Crippen molar-refractivity contribution in [3.8, 4) is 0 Å². The summed E-state index contributed by atoms with van der Waals surface area (Å²) in [6.07, 6.45) is 5.93. The molecule has 1 atom stereocenters. The molecule has 0 heterocycles. The maximum atomic E-state index is 10.2. The molecule has 0 aromatic carbocycles. The van der Waals surface area contributed by atoms with Crippen molar-refractivity contribution in [3.05, 3.63) is 12.3 Å². The molecule has 52 valence electrons. The van der Waals surface area contributed by atoms with Gasteiger partial charge in [0.15, 0.2) is 0 Å². The third-order valence-corrected chi connectivity index (χ3v) is 1.29. The Morgan fingerprint density at radius 3 is 2.67 bits per heavy atom. The number of carbonyl (C=O) groups excluding carboxylic acids is 1. The van der Waals surface area contributed by atoms with E-state index >= 15 is 0 Å². The monoisotopic (exact) mass is 127 g/mol. The van der Waals surface area contributed by atoms with Gasteiger partial charge in [0.1, 0.15) is 6.29 Å². The molecule has 9 heavy (non-hydrogen) atoms. The van der Waals surface area contributed by atoms with E-state index in [1.165, 1.54) is 6.20 Å². The Morgan fingerprint density at radius 2 is 2.33 bits per heavy atom. The van der Waals surface area contributed by atoms with Crippen LogP contribution in [-0.4, -0.2) is 6.29 Å². The Balaban J connectivity index is 3.42. The zero-order chi connectivity index (χ0) is 7.11. The summed E-state index contributed by atoms with van der Waals surface area (Å²) in [6.45, 7) is 1.99. The van der Waals surface area contributed by atoms with Gasteiger partial charge in [-0.25, -0.2) is 0 Å². The van der Waals surface area contributed by atoms with E-state index in [-0.39, 0.29) is 5.92 Å². The van der Waals surface area contributed by atoms with Crippen LogP contribution in [0.3, 0.4) is 0 Å². The van der Waals surface area contributed by atoms with Crippen LogP contribution < -0.4 is 5.73 Å². The highest BCUT2D eigenvalue weighted by Crippen LogP contribution is 2.03. The van der Waals surface area contributed by atoms with Crippen LogP contribution in [0.4, 0.5) is 0 Å². The summed E-state index contributed by atoms with van der Waals surface area (Å²) in [6, 6.07) is 0. The molecule has 0 aromatic heterocycles. The quantitative estimate of drug-likeness (QED) is 0.574. The predicted molar refractivity (Wildman–Crippen MR) is 37.8 cm³/mol. The number of aldehydes is 1. The third kappa shape index (κ3) is 3.76. The average Bonchev–Trinajstić information content (AvgIpc) is 1.91. The molecule has 2 heteroatoms. The van der Waals surface area contributed by atoms with Crippen molar-refractivity contribution in [2.45, 2.75) is 19.8 Å². The lowest BCUT2D eigenvalue weighted by atomic mass is 10.1. The molecule has 2 nitrogen and oxygen atoms in total. The number of allylic oxidation sites excluding steroid dienone is 1. The Hall–Kier alpha value is -0.790. The van der Waals surface area contributed by atoms with Gasteiger partial charge >= 0.3 is 0 Å². The van der Waals surface area contributed by atoms with E-state index in [9.17, 15) is 4.79 Å². The van der Waals surface area contributed by atoms with Crippen LogP contribution in [-0.2, 0) is 4.79 Å². The first-order valence-electron chi connectivity index (χ1n) is 3.17.